The molecule has 2 aromatic rings. The molecular formula is C22H18Cl2N2O3S. The molecule has 154 valence electrons. The summed E-state index contributed by atoms with van der Waals surface area (Å²) >= 11 is 13.4. The normalized spacial score (nSPS) is 19.5. The maximum Gasteiger partial charge on any atom is 0.292 e. The summed E-state index contributed by atoms with van der Waals surface area (Å²) in [6, 6.07) is 12.2. The van der Waals surface area contributed by atoms with Crippen LogP contribution in [0, 0.1) is 11.3 Å². The molecule has 0 saturated heterocycles. The van der Waals surface area contributed by atoms with E-state index >= 15 is 0 Å². The van der Waals surface area contributed by atoms with Crippen molar-refractivity contribution in [2.75, 3.05) is 10.6 Å². The Morgan fingerprint density at radius 1 is 1.17 bits per heavy atom. The van der Waals surface area contributed by atoms with Crippen LogP contribution in [0.25, 0.3) is 0 Å². The maximum absolute atomic E-state index is 13.3. The lowest BCUT2D eigenvalue weighted by atomic mass is 9.67. The first kappa shape index (κ1) is 21.0. The van der Waals surface area contributed by atoms with Gasteiger partial charge in [-0.3, -0.25) is 14.4 Å². The summed E-state index contributed by atoms with van der Waals surface area (Å²) in [6.45, 7) is 3.65. The van der Waals surface area contributed by atoms with Gasteiger partial charge in [0.1, 0.15) is 0 Å². The summed E-state index contributed by atoms with van der Waals surface area (Å²) in [7, 11) is 0. The van der Waals surface area contributed by atoms with Crippen LogP contribution < -0.4 is 10.6 Å². The molecule has 30 heavy (non-hydrogen) atoms. The third-order valence-corrected chi connectivity index (χ3v) is 7.01. The minimum Gasteiger partial charge on any atom is -0.357 e. The maximum atomic E-state index is 13.3. The lowest BCUT2D eigenvalue weighted by Crippen LogP contribution is -2.46. The molecule has 0 fully saturated rings. The molecule has 5 nitrogen and oxygen atoms in total. The molecule has 1 aliphatic carbocycles. The minimum atomic E-state index is -1.09. The molecule has 0 bridgehead atoms. The number of hydrogen-bond donors (Lipinski definition) is 2. The number of Topliss-reactive ketones (excluding diaryl/α,β-unsaturated/α-hetero) is 2. The third-order valence-electron chi connectivity index (χ3n) is 5.22. The number of fused-ring (bicyclic) bond motifs is 1. The number of amides is 1. The van der Waals surface area contributed by atoms with Crippen molar-refractivity contribution in [3.63, 3.8) is 0 Å². The van der Waals surface area contributed by atoms with Crippen LogP contribution in [0.15, 0.2) is 58.0 Å². The molecule has 0 radical (unpaired) electrons. The Hall–Kier alpha value is -2.28. The van der Waals surface area contributed by atoms with E-state index in [0.29, 0.717) is 16.3 Å². The highest BCUT2D eigenvalue weighted by Crippen LogP contribution is 2.50. The Kier molecular flexibility index (Phi) is 5.43. The van der Waals surface area contributed by atoms with Gasteiger partial charge in [-0.25, -0.2) is 0 Å². The summed E-state index contributed by atoms with van der Waals surface area (Å²) in [5.74, 6) is -3.10. The zero-order valence-corrected chi connectivity index (χ0v) is 18.5. The molecule has 1 unspecified atom stereocenters. The number of allylic oxidation sites excluding steroid dienone is 2. The third kappa shape index (κ3) is 3.75. The fourth-order valence-corrected chi connectivity index (χ4v) is 5.20. The summed E-state index contributed by atoms with van der Waals surface area (Å²) in [4.78, 5) is 40.5. The van der Waals surface area contributed by atoms with E-state index in [4.69, 9.17) is 23.2 Å². The molecule has 1 aliphatic heterocycles. The monoisotopic (exact) mass is 460 g/mol. The Morgan fingerprint density at radius 2 is 1.90 bits per heavy atom. The van der Waals surface area contributed by atoms with Gasteiger partial charge in [0.2, 0.25) is 5.78 Å². The summed E-state index contributed by atoms with van der Waals surface area (Å²) < 4.78 is 0. The summed E-state index contributed by atoms with van der Waals surface area (Å²) in [5, 5.41) is 6.44. The first-order valence-corrected chi connectivity index (χ1v) is 10.9. The molecule has 8 heteroatoms. The number of hydrogen-bond acceptors (Lipinski definition) is 5. The molecule has 0 aromatic heterocycles. The van der Waals surface area contributed by atoms with Crippen LogP contribution in [0.1, 0.15) is 20.3 Å². The summed E-state index contributed by atoms with van der Waals surface area (Å²) in [5.41, 5.74) is 1.22. The SMILES string of the molecule is CC1(C)CC2=C(Sc3ccccc3N2)C(=O)C1C(=O)C(=O)Nc1cc(Cl)ccc1Cl. The number of carbonyl (C=O) groups excluding carboxylic acids is 3. The van der Waals surface area contributed by atoms with Crippen LogP contribution in [0.3, 0.4) is 0 Å². The second-order valence-corrected chi connectivity index (χ2v) is 9.83. The van der Waals surface area contributed by atoms with Gasteiger partial charge in [-0.05, 0) is 42.2 Å². The van der Waals surface area contributed by atoms with E-state index in [1.54, 1.807) is 6.07 Å². The largest absolute Gasteiger partial charge is 0.357 e. The molecule has 1 atom stereocenters. The lowest BCUT2D eigenvalue weighted by Gasteiger charge is -2.40. The highest BCUT2D eigenvalue weighted by Gasteiger charge is 2.49. The number of benzene rings is 2. The number of para-hydroxylation sites is 1. The Bertz CT molecular complexity index is 1130. The quantitative estimate of drug-likeness (QED) is 0.464. The highest BCUT2D eigenvalue weighted by atomic mass is 35.5. The van der Waals surface area contributed by atoms with Gasteiger partial charge in [-0.15, -0.1) is 0 Å². The van der Waals surface area contributed by atoms with Crippen molar-refractivity contribution in [2.45, 2.75) is 25.2 Å². The molecule has 2 aliphatic rings. The number of anilines is 2. The van der Waals surface area contributed by atoms with E-state index in [0.717, 1.165) is 16.3 Å². The van der Waals surface area contributed by atoms with Crippen molar-refractivity contribution in [1.82, 2.24) is 0 Å². The van der Waals surface area contributed by atoms with Crippen LogP contribution in [0.2, 0.25) is 10.0 Å². The van der Waals surface area contributed by atoms with E-state index in [1.165, 1.54) is 23.9 Å². The molecule has 2 aromatic carbocycles. The second kappa shape index (κ2) is 7.76. The van der Waals surface area contributed by atoms with E-state index in [9.17, 15) is 14.4 Å². The van der Waals surface area contributed by atoms with Crippen LogP contribution in [0.4, 0.5) is 11.4 Å². The Balaban J connectivity index is 1.62. The van der Waals surface area contributed by atoms with Gasteiger partial charge in [-0.1, -0.05) is 60.9 Å². The zero-order chi connectivity index (χ0) is 21.6. The van der Waals surface area contributed by atoms with Gasteiger partial charge < -0.3 is 10.6 Å². The number of carbonyl (C=O) groups is 3. The predicted octanol–water partition coefficient (Wildman–Crippen LogP) is 5.55. The second-order valence-electron chi connectivity index (χ2n) is 7.94. The highest BCUT2D eigenvalue weighted by molar-refractivity contribution is 8.04. The van der Waals surface area contributed by atoms with Crippen LogP contribution in [-0.2, 0) is 14.4 Å². The average Bonchev–Trinajstić information content (AvgIpc) is 2.69. The topological polar surface area (TPSA) is 75.3 Å². The van der Waals surface area contributed by atoms with E-state index < -0.39 is 23.0 Å². The van der Waals surface area contributed by atoms with Crippen molar-refractivity contribution < 1.29 is 14.4 Å². The van der Waals surface area contributed by atoms with Crippen molar-refractivity contribution in [3.8, 4) is 0 Å². The number of nitrogens with one attached hydrogen (secondary N) is 2. The lowest BCUT2D eigenvalue weighted by molar-refractivity contribution is -0.144. The van der Waals surface area contributed by atoms with E-state index in [1.807, 2.05) is 38.1 Å². The molecule has 4 rings (SSSR count). The van der Waals surface area contributed by atoms with Crippen LogP contribution >= 0.6 is 35.0 Å². The smallest absolute Gasteiger partial charge is 0.292 e. The molecule has 1 amide bonds. The first-order chi connectivity index (χ1) is 14.2. The van der Waals surface area contributed by atoms with Gasteiger partial charge in [0.05, 0.1) is 27.2 Å². The van der Waals surface area contributed by atoms with Gasteiger partial charge in [0, 0.05) is 15.6 Å². The molecule has 2 N–H and O–H groups in total. The molecule has 0 spiro atoms. The number of ketones is 2. The fourth-order valence-electron chi connectivity index (χ4n) is 3.80. The summed E-state index contributed by atoms with van der Waals surface area (Å²) in [6.07, 6.45) is 0.469. The van der Waals surface area contributed by atoms with Crippen molar-refractivity contribution >= 4 is 63.8 Å². The minimum absolute atomic E-state index is 0.228. The fraction of sp³-hybridized carbons (Fsp3) is 0.227. The van der Waals surface area contributed by atoms with E-state index in [2.05, 4.69) is 10.6 Å². The molecule has 1 heterocycles. The van der Waals surface area contributed by atoms with Gasteiger partial charge in [0.25, 0.3) is 5.91 Å². The zero-order valence-electron chi connectivity index (χ0n) is 16.2. The van der Waals surface area contributed by atoms with Crippen molar-refractivity contribution in [2.24, 2.45) is 11.3 Å². The average molecular weight is 461 g/mol. The predicted molar refractivity (Wildman–Crippen MR) is 120 cm³/mol. The van der Waals surface area contributed by atoms with Crippen LogP contribution in [0.5, 0.6) is 0 Å². The standard InChI is InChI=1S/C22H18Cl2N2O3S/c1-22(2)10-15-20(30-16-6-4-3-5-13(16)25-15)18(27)17(22)19(28)21(29)26-14-9-11(23)7-8-12(14)24/h3-9,17,25H,10H2,1-2H3,(H,26,29). The molecule has 0 saturated carbocycles. The number of thioether (sulfide) groups is 1. The molecular weight excluding hydrogens is 443 g/mol. The first-order valence-electron chi connectivity index (χ1n) is 9.29. The van der Waals surface area contributed by atoms with Gasteiger partial charge in [0.15, 0.2) is 5.78 Å². The number of halogens is 2. The Morgan fingerprint density at radius 3 is 2.67 bits per heavy atom. The van der Waals surface area contributed by atoms with Crippen molar-refractivity contribution in [1.29, 1.82) is 0 Å². The Labute approximate surface area is 188 Å². The van der Waals surface area contributed by atoms with E-state index in [-0.39, 0.29) is 16.5 Å². The van der Waals surface area contributed by atoms with Crippen LogP contribution in [-0.4, -0.2) is 17.5 Å². The van der Waals surface area contributed by atoms with Gasteiger partial charge >= 0.3 is 0 Å². The van der Waals surface area contributed by atoms with Crippen molar-refractivity contribution in [3.05, 3.63) is 63.1 Å². The number of rotatable bonds is 3. The van der Waals surface area contributed by atoms with Gasteiger partial charge in [-0.2, -0.15) is 0 Å².